The predicted octanol–water partition coefficient (Wildman–Crippen LogP) is 2.04. The highest BCUT2D eigenvalue weighted by Gasteiger charge is 2.17. The summed E-state index contributed by atoms with van der Waals surface area (Å²) in [5.74, 6) is -1.02. The van der Waals surface area contributed by atoms with Gasteiger partial charge in [-0.25, -0.2) is 14.8 Å². The molecule has 8 heteroatoms. The number of rotatable bonds is 4. The summed E-state index contributed by atoms with van der Waals surface area (Å²) in [7, 11) is 1.77. The summed E-state index contributed by atoms with van der Waals surface area (Å²) in [6, 6.07) is 0. The molecular formula is C13H13N5O2S. The highest BCUT2D eigenvalue weighted by atomic mass is 32.1. The first-order valence-electron chi connectivity index (χ1n) is 6.25. The van der Waals surface area contributed by atoms with Crippen LogP contribution in [0, 0.1) is 6.92 Å². The number of aromatic carboxylic acids is 1. The molecule has 0 atom stereocenters. The van der Waals surface area contributed by atoms with Crippen molar-refractivity contribution in [2.24, 2.45) is 7.05 Å². The average molecular weight is 303 g/mol. The number of carboxylic acid groups (broad SMARTS) is 1. The largest absolute Gasteiger partial charge is 0.478 e. The van der Waals surface area contributed by atoms with Crippen LogP contribution >= 0.6 is 11.3 Å². The van der Waals surface area contributed by atoms with E-state index in [1.165, 1.54) is 17.5 Å². The SMILES string of the molecule is Cc1csc(CNc2c(C(=O)O)cnc3c2cnn3C)n1. The molecule has 0 fully saturated rings. The van der Waals surface area contributed by atoms with Gasteiger partial charge >= 0.3 is 5.97 Å². The van der Waals surface area contributed by atoms with Crippen LogP contribution < -0.4 is 5.32 Å². The number of carbonyl (C=O) groups is 1. The Morgan fingerprint density at radius 1 is 1.48 bits per heavy atom. The lowest BCUT2D eigenvalue weighted by Crippen LogP contribution is -2.08. The van der Waals surface area contributed by atoms with Crippen LogP contribution in [0.25, 0.3) is 11.0 Å². The van der Waals surface area contributed by atoms with Crippen LogP contribution in [0.5, 0.6) is 0 Å². The van der Waals surface area contributed by atoms with Crippen molar-refractivity contribution >= 4 is 34.0 Å². The van der Waals surface area contributed by atoms with Gasteiger partial charge < -0.3 is 10.4 Å². The molecule has 3 aromatic rings. The fourth-order valence-corrected chi connectivity index (χ4v) is 2.81. The fraction of sp³-hybridized carbons (Fsp3) is 0.231. The van der Waals surface area contributed by atoms with Crippen LogP contribution in [0.15, 0.2) is 17.8 Å². The van der Waals surface area contributed by atoms with Gasteiger partial charge in [0.25, 0.3) is 0 Å². The van der Waals surface area contributed by atoms with Crippen LogP contribution in [-0.2, 0) is 13.6 Å². The first kappa shape index (κ1) is 13.5. The third kappa shape index (κ3) is 2.45. The van der Waals surface area contributed by atoms with Crippen molar-refractivity contribution in [1.29, 1.82) is 0 Å². The number of aromatic nitrogens is 4. The maximum Gasteiger partial charge on any atom is 0.339 e. The highest BCUT2D eigenvalue weighted by Crippen LogP contribution is 2.26. The Balaban J connectivity index is 2.01. The van der Waals surface area contributed by atoms with E-state index < -0.39 is 5.97 Å². The zero-order chi connectivity index (χ0) is 15.0. The monoisotopic (exact) mass is 303 g/mol. The van der Waals surface area contributed by atoms with Crippen LogP contribution in [-0.4, -0.2) is 30.8 Å². The standard InChI is InChI=1S/C13H13N5O2S/c1-7-6-21-10(17-7)5-14-11-8-4-16-18(2)12(8)15-3-9(11)13(19)20/h3-4,6H,5H2,1-2H3,(H,14,15)(H,19,20). The maximum atomic E-state index is 11.4. The minimum absolute atomic E-state index is 0.128. The summed E-state index contributed by atoms with van der Waals surface area (Å²) in [4.78, 5) is 19.9. The Hall–Kier alpha value is -2.48. The number of fused-ring (bicyclic) bond motifs is 1. The van der Waals surface area contributed by atoms with E-state index in [-0.39, 0.29) is 5.56 Å². The molecule has 7 nitrogen and oxygen atoms in total. The summed E-state index contributed by atoms with van der Waals surface area (Å²) < 4.78 is 1.61. The third-order valence-electron chi connectivity index (χ3n) is 3.08. The molecule has 0 saturated heterocycles. The van der Waals surface area contributed by atoms with Crippen molar-refractivity contribution < 1.29 is 9.90 Å². The maximum absolute atomic E-state index is 11.4. The molecule has 0 saturated carbocycles. The van der Waals surface area contributed by atoms with Gasteiger partial charge in [-0.05, 0) is 6.92 Å². The Morgan fingerprint density at radius 2 is 2.29 bits per heavy atom. The van der Waals surface area contributed by atoms with Gasteiger partial charge in [-0.3, -0.25) is 4.68 Å². The Kier molecular flexibility index (Phi) is 3.30. The topological polar surface area (TPSA) is 92.9 Å². The summed E-state index contributed by atoms with van der Waals surface area (Å²) in [5, 5.41) is 20.1. The van der Waals surface area contributed by atoms with Crippen molar-refractivity contribution in [2.45, 2.75) is 13.5 Å². The second kappa shape index (κ2) is 5.13. The minimum atomic E-state index is -1.02. The van der Waals surface area contributed by atoms with E-state index in [1.54, 1.807) is 17.9 Å². The van der Waals surface area contributed by atoms with Crippen molar-refractivity contribution in [1.82, 2.24) is 19.7 Å². The molecule has 0 aliphatic carbocycles. The molecule has 3 rings (SSSR count). The molecular weight excluding hydrogens is 290 g/mol. The smallest absolute Gasteiger partial charge is 0.339 e. The Morgan fingerprint density at radius 3 is 2.95 bits per heavy atom. The van der Waals surface area contributed by atoms with E-state index >= 15 is 0 Å². The highest BCUT2D eigenvalue weighted by molar-refractivity contribution is 7.09. The second-order valence-electron chi connectivity index (χ2n) is 4.59. The summed E-state index contributed by atoms with van der Waals surface area (Å²) in [6.45, 7) is 2.39. The van der Waals surface area contributed by atoms with Gasteiger partial charge in [-0.2, -0.15) is 5.10 Å². The molecule has 0 radical (unpaired) electrons. The van der Waals surface area contributed by atoms with Crippen LogP contribution in [0.3, 0.4) is 0 Å². The second-order valence-corrected chi connectivity index (χ2v) is 5.54. The number of aryl methyl sites for hydroxylation is 2. The molecule has 21 heavy (non-hydrogen) atoms. The zero-order valence-corrected chi connectivity index (χ0v) is 12.3. The van der Waals surface area contributed by atoms with E-state index in [0.717, 1.165) is 10.7 Å². The van der Waals surface area contributed by atoms with Crippen molar-refractivity contribution in [3.05, 3.63) is 34.0 Å². The quantitative estimate of drug-likeness (QED) is 0.766. The summed E-state index contributed by atoms with van der Waals surface area (Å²) >= 11 is 1.54. The summed E-state index contributed by atoms with van der Waals surface area (Å²) in [5.41, 5.74) is 2.24. The third-order valence-corrected chi connectivity index (χ3v) is 4.04. The minimum Gasteiger partial charge on any atom is -0.478 e. The van der Waals surface area contributed by atoms with Gasteiger partial charge in [0.05, 0.1) is 23.8 Å². The summed E-state index contributed by atoms with van der Waals surface area (Å²) in [6.07, 6.45) is 2.96. The molecule has 0 aromatic carbocycles. The number of nitrogens with one attached hydrogen (secondary N) is 1. The number of carboxylic acids is 1. The van der Waals surface area contributed by atoms with Gasteiger partial charge in [0.15, 0.2) is 5.65 Å². The molecule has 108 valence electrons. The van der Waals surface area contributed by atoms with Gasteiger partial charge in [0, 0.05) is 24.3 Å². The average Bonchev–Trinajstić information content (AvgIpc) is 3.03. The van der Waals surface area contributed by atoms with E-state index in [9.17, 15) is 9.90 Å². The van der Waals surface area contributed by atoms with Crippen molar-refractivity contribution in [2.75, 3.05) is 5.32 Å². The lowest BCUT2D eigenvalue weighted by atomic mass is 10.2. The molecule has 0 spiro atoms. The number of pyridine rings is 1. The van der Waals surface area contributed by atoms with E-state index in [1.807, 2.05) is 12.3 Å². The lowest BCUT2D eigenvalue weighted by Gasteiger charge is -2.09. The molecule has 3 heterocycles. The van der Waals surface area contributed by atoms with E-state index in [0.29, 0.717) is 23.3 Å². The van der Waals surface area contributed by atoms with Crippen molar-refractivity contribution in [3.8, 4) is 0 Å². The fourth-order valence-electron chi connectivity index (χ4n) is 2.10. The number of hydrogen-bond acceptors (Lipinski definition) is 6. The molecule has 0 amide bonds. The first-order valence-corrected chi connectivity index (χ1v) is 7.13. The number of nitrogens with zero attached hydrogens (tertiary/aromatic N) is 4. The van der Waals surface area contributed by atoms with Crippen LogP contribution in [0.2, 0.25) is 0 Å². The molecule has 0 aliphatic rings. The number of anilines is 1. The first-order chi connectivity index (χ1) is 10.1. The van der Waals surface area contributed by atoms with E-state index in [4.69, 9.17) is 0 Å². The van der Waals surface area contributed by atoms with Crippen LogP contribution in [0.1, 0.15) is 21.1 Å². The molecule has 2 N–H and O–H groups in total. The predicted molar refractivity (Wildman–Crippen MR) is 79.6 cm³/mol. The molecule has 3 aromatic heterocycles. The molecule has 0 aliphatic heterocycles. The van der Waals surface area contributed by atoms with Gasteiger partial charge in [-0.15, -0.1) is 11.3 Å². The van der Waals surface area contributed by atoms with Crippen LogP contribution in [0.4, 0.5) is 5.69 Å². The molecule has 0 bridgehead atoms. The zero-order valence-electron chi connectivity index (χ0n) is 11.5. The van der Waals surface area contributed by atoms with E-state index in [2.05, 4.69) is 20.4 Å². The normalized spacial score (nSPS) is 11.0. The number of hydrogen-bond donors (Lipinski definition) is 2. The van der Waals surface area contributed by atoms with Gasteiger partial charge in [-0.1, -0.05) is 0 Å². The lowest BCUT2D eigenvalue weighted by molar-refractivity contribution is 0.0697. The Bertz CT molecular complexity index is 823. The van der Waals surface area contributed by atoms with Gasteiger partial charge in [0.2, 0.25) is 0 Å². The molecule has 0 unspecified atom stereocenters. The Labute approximate surface area is 124 Å². The number of thiazole rings is 1. The van der Waals surface area contributed by atoms with Crippen molar-refractivity contribution in [3.63, 3.8) is 0 Å². The van der Waals surface area contributed by atoms with Gasteiger partial charge in [0.1, 0.15) is 10.6 Å².